The second-order valence-electron chi connectivity index (χ2n) is 7.80. The van der Waals surface area contributed by atoms with Crippen LogP contribution in [-0.2, 0) is 11.2 Å². The fraction of sp³-hybridized carbons (Fsp3) is 0.320. The Hall–Kier alpha value is -3.05. The fourth-order valence-electron chi connectivity index (χ4n) is 4.13. The summed E-state index contributed by atoms with van der Waals surface area (Å²) in [7, 11) is 0. The largest absolute Gasteiger partial charge is 0.483 e. The molecule has 1 amide bonds. The van der Waals surface area contributed by atoms with Gasteiger partial charge < -0.3 is 19.4 Å². The number of para-hydroxylation sites is 1. The van der Waals surface area contributed by atoms with Gasteiger partial charge in [0.1, 0.15) is 5.75 Å². The van der Waals surface area contributed by atoms with Crippen LogP contribution in [0.5, 0.6) is 5.75 Å². The van der Waals surface area contributed by atoms with Crippen LogP contribution in [0.4, 0.5) is 0 Å². The quantitative estimate of drug-likeness (QED) is 0.576. The Balaban J connectivity index is 1.32. The van der Waals surface area contributed by atoms with E-state index in [1.807, 2.05) is 54.6 Å². The third-order valence-corrected chi connectivity index (χ3v) is 5.70. The molecule has 0 bridgehead atoms. The number of carbonyl (C=O) groups excluding carboxylic acids is 1. The summed E-state index contributed by atoms with van der Waals surface area (Å²) in [5.41, 5.74) is 2.29. The van der Waals surface area contributed by atoms with Crippen molar-refractivity contribution in [3.05, 3.63) is 89.9 Å². The van der Waals surface area contributed by atoms with Crippen molar-refractivity contribution in [2.45, 2.75) is 25.3 Å². The summed E-state index contributed by atoms with van der Waals surface area (Å²) < 4.78 is 11.5. The average Bonchev–Trinajstić information content (AvgIpc) is 3.49. The Morgan fingerprint density at radius 3 is 2.53 bits per heavy atom. The van der Waals surface area contributed by atoms with E-state index in [9.17, 15) is 4.79 Å². The molecule has 1 aliphatic heterocycles. The molecule has 2 heterocycles. The zero-order chi connectivity index (χ0) is 20.6. The molecule has 0 saturated carbocycles. The molecule has 2 aromatic carbocycles. The second-order valence-corrected chi connectivity index (χ2v) is 7.80. The number of benzene rings is 2. The summed E-state index contributed by atoms with van der Waals surface area (Å²) >= 11 is 0. The van der Waals surface area contributed by atoms with Crippen molar-refractivity contribution in [1.29, 1.82) is 0 Å². The summed E-state index contributed by atoms with van der Waals surface area (Å²) in [6.07, 6.45) is 4.92. The SMILES string of the molecule is O=C(COc1ccccc1Cc1ccccc1)NC[C@H](c1ccco1)[NH+]1CCCC1. The summed E-state index contributed by atoms with van der Waals surface area (Å²) in [6.45, 7) is 2.79. The van der Waals surface area contributed by atoms with E-state index in [0.29, 0.717) is 6.54 Å². The zero-order valence-electron chi connectivity index (χ0n) is 17.2. The molecule has 30 heavy (non-hydrogen) atoms. The van der Waals surface area contributed by atoms with Gasteiger partial charge >= 0.3 is 0 Å². The smallest absolute Gasteiger partial charge is 0.258 e. The van der Waals surface area contributed by atoms with Gasteiger partial charge in [-0.15, -0.1) is 0 Å². The average molecular weight is 406 g/mol. The number of hydrogen-bond acceptors (Lipinski definition) is 3. The van der Waals surface area contributed by atoms with E-state index in [0.717, 1.165) is 36.6 Å². The maximum Gasteiger partial charge on any atom is 0.258 e. The van der Waals surface area contributed by atoms with Crippen LogP contribution in [0.1, 0.15) is 35.8 Å². The van der Waals surface area contributed by atoms with Gasteiger partial charge in [-0.05, 0) is 29.3 Å². The number of likely N-dealkylation sites (tertiary alicyclic amines) is 1. The Morgan fingerprint density at radius 2 is 1.77 bits per heavy atom. The van der Waals surface area contributed by atoms with E-state index in [-0.39, 0.29) is 18.6 Å². The van der Waals surface area contributed by atoms with Crippen molar-refractivity contribution in [1.82, 2.24) is 5.32 Å². The number of nitrogens with one attached hydrogen (secondary N) is 2. The third-order valence-electron chi connectivity index (χ3n) is 5.70. The molecule has 5 nitrogen and oxygen atoms in total. The fourth-order valence-corrected chi connectivity index (χ4v) is 4.13. The number of hydrogen-bond donors (Lipinski definition) is 2. The first kappa shape index (κ1) is 20.2. The molecule has 0 unspecified atom stereocenters. The highest BCUT2D eigenvalue weighted by Crippen LogP contribution is 2.21. The monoisotopic (exact) mass is 405 g/mol. The van der Waals surface area contributed by atoms with E-state index in [4.69, 9.17) is 9.15 Å². The number of rotatable bonds is 9. The van der Waals surface area contributed by atoms with Crippen LogP contribution in [-0.4, -0.2) is 32.1 Å². The van der Waals surface area contributed by atoms with Gasteiger partial charge in [0.15, 0.2) is 18.4 Å². The molecule has 1 fully saturated rings. The third kappa shape index (κ3) is 5.30. The van der Waals surface area contributed by atoms with Gasteiger partial charge in [0, 0.05) is 19.3 Å². The molecule has 3 aromatic rings. The van der Waals surface area contributed by atoms with Gasteiger partial charge in [-0.1, -0.05) is 48.5 Å². The number of furan rings is 1. The maximum atomic E-state index is 12.5. The van der Waals surface area contributed by atoms with Crippen LogP contribution >= 0.6 is 0 Å². The first-order valence-electron chi connectivity index (χ1n) is 10.7. The number of quaternary nitrogens is 1. The zero-order valence-corrected chi connectivity index (χ0v) is 17.2. The lowest BCUT2D eigenvalue weighted by Gasteiger charge is -2.23. The predicted octanol–water partition coefficient (Wildman–Crippen LogP) is 2.79. The highest BCUT2D eigenvalue weighted by Gasteiger charge is 2.29. The minimum absolute atomic E-state index is 0.00596. The molecule has 1 atom stereocenters. The van der Waals surface area contributed by atoms with Crippen molar-refractivity contribution in [3.63, 3.8) is 0 Å². The summed E-state index contributed by atoms with van der Waals surface area (Å²) in [5, 5.41) is 3.04. The van der Waals surface area contributed by atoms with Crippen LogP contribution in [0, 0.1) is 0 Å². The van der Waals surface area contributed by atoms with Gasteiger partial charge in [-0.3, -0.25) is 4.79 Å². The Bertz CT molecular complexity index is 919. The maximum absolute atomic E-state index is 12.5. The highest BCUT2D eigenvalue weighted by atomic mass is 16.5. The molecular formula is C25H29N2O3+. The van der Waals surface area contributed by atoms with E-state index >= 15 is 0 Å². The summed E-state index contributed by atoms with van der Waals surface area (Å²) in [6, 6.07) is 22.2. The first-order valence-corrected chi connectivity index (χ1v) is 10.7. The molecular weight excluding hydrogens is 376 g/mol. The minimum Gasteiger partial charge on any atom is -0.483 e. The minimum atomic E-state index is -0.111. The molecule has 0 aliphatic carbocycles. The van der Waals surface area contributed by atoms with Crippen molar-refractivity contribution < 1.29 is 18.8 Å². The Labute approximate surface area is 177 Å². The molecule has 156 valence electrons. The van der Waals surface area contributed by atoms with Crippen LogP contribution < -0.4 is 15.0 Å². The second kappa shape index (κ2) is 10.1. The molecule has 1 aromatic heterocycles. The van der Waals surface area contributed by atoms with Gasteiger partial charge in [-0.2, -0.15) is 0 Å². The van der Waals surface area contributed by atoms with Gasteiger partial charge in [0.05, 0.1) is 25.9 Å². The van der Waals surface area contributed by atoms with Crippen molar-refractivity contribution in [2.24, 2.45) is 0 Å². The van der Waals surface area contributed by atoms with Gasteiger partial charge in [0.25, 0.3) is 5.91 Å². The van der Waals surface area contributed by atoms with E-state index in [1.165, 1.54) is 23.3 Å². The predicted molar refractivity (Wildman–Crippen MR) is 116 cm³/mol. The lowest BCUT2D eigenvalue weighted by molar-refractivity contribution is -0.919. The van der Waals surface area contributed by atoms with Crippen molar-refractivity contribution in [2.75, 3.05) is 26.2 Å². The van der Waals surface area contributed by atoms with Crippen LogP contribution in [0.2, 0.25) is 0 Å². The van der Waals surface area contributed by atoms with Crippen molar-refractivity contribution in [3.8, 4) is 5.75 Å². The topological polar surface area (TPSA) is 55.9 Å². The van der Waals surface area contributed by atoms with Gasteiger partial charge in [-0.25, -0.2) is 0 Å². The van der Waals surface area contributed by atoms with Crippen molar-refractivity contribution >= 4 is 5.91 Å². The molecule has 4 rings (SSSR count). The van der Waals surface area contributed by atoms with E-state index < -0.39 is 0 Å². The summed E-state index contributed by atoms with van der Waals surface area (Å²) in [4.78, 5) is 14.0. The molecule has 1 aliphatic rings. The van der Waals surface area contributed by atoms with Crippen LogP contribution in [0.15, 0.2) is 77.4 Å². The lowest BCUT2D eigenvalue weighted by atomic mass is 10.0. The van der Waals surface area contributed by atoms with Gasteiger partial charge in [0.2, 0.25) is 0 Å². The van der Waals surface area contributed by atoms with Crippen LogP contribution in [0.25, 0.3) is 0 Å². The lowest BCUT2D eigenvalue weighted by Crippen LogP contribution is -3.11. The number of ether oxygens (including phenoxy) is 1. The summed E-state index contributed by atoms with van der Waals surface area (Å²) in [5.74, 6) is 1.57. The molecule has 5 heteroatoms. The van der Waals surface area contributed by atoms with E-state index in [2.05, 4.69) is 17.4 Å². The van der Waals surface area contributed by atoms with E-state index in [1.54, 1.807) is 6.26 Å². The van der Waals surface area contributed by atoms with Crippen LogP contribution in [0.3, 0.4) is 0 Å². The molecule has 0 radical (unpaired) electrons. The molecule has 1 saturated heterocycles. The number of amides is 1. The Morgan fingerprint density at radius 1 is 1.00 bits per heavy atom. The molecule has 0 spiro atoms. The Kier molecular flexibility index (Phi) is 6.83. The normalized spacial score (nSPS) is 15.1. The first-order chi connectivity index (χ1) is 14.8. The molecule has 2 N–H and O–H groups in total. The highest BCUT2D eigenvalue weighted by molar-refractivity contribution is 5.77. The number of carbonyl (C=O) groups is 1. The standard InChI is InChI=1S/C25H28N2O3/c28-25(26-18-22(24-13-8-16-29-24)27-14-6-7-15-27)19-30-23-12-5-4-11-21(23)17-20-9-2-1-3-10-20/h1-5,8-13,16,22H,6-7,14-15,17-19H2,(H,26,28)/p+1/t22-/m1/s1.